The van der Waals surface area contributed by atoms with Crippen molar-refractivity contribution >= 4 is 5.78 Å². The Morgan fingerprint density at radius 3 is 2.55 bits per heavy atom. The fourth-order valence-electron chi connectivity index (χ4n) is 2.01. The van der Waals surface area contributed by atoms with E-state index >= 15 is 0 Å². The summed E-state index contributed by atoms with van der Waals surface area (Å²) >= 11 is 0. The van der Waals surface area contributed by atoms with Gasteiger partial charge in [-0.15, -0.1) is 0 Å². The van der Waals surface area contributed by atoms with Crippen molar-refractivity contribution in [3.8, 4) is 0 Å². The molecule has 0 aromatic carbocycles. The van der Waals surface area contributed by atoms with Crippen LogP contribution in [-0.2, 0) is 4.79 Å². The fourth-order valence-corrected chi connectivity index (χ4v) is 2.01. The summed E-state index contributed by atoms with van der Waals surface area (Å²) in [5.41, 5.74) is 0. The standard InChI is InChI=1S/C10H18O/c1-7(2)4-9-5-8(3)6-10(9)11/h7-9H,4-6H2,1-3H3/t8-,9-/m1/s1. The Kier molecular flexibility index (Phi) is 2.69. The van der Waals surface area contributed by atoms with Gasteiger partial charge in [0.05, 0.1) is 0 Å². The van der Waals surface area contributed by atoms with Gasteiger partial charge in [-0.2, -0.15) is 0 Å². The molecule has 0 heterocycles. The van der Waals surface area contributed by atoms with Crippen molar-refractivity contribution in [2.75, 3.05) is 0 Å². The van der Waals surface area contributed by atoms with Crippen LogP contribution in [0.25, 0.3) is 0 Å². The van der Waals surface area contributed by atoms with Crippen molar-refractivity contribution in [3.05, 3.63) is 0 Å². The predicted molar refractivity (Wildman–Crippen MR) is 46.4 cm³/mol. The van der Waals surface area contributed by atoms with Gasteiger partial charge in [-0.3, -0.25) is 4.79 Å². The number of hydrogen-bond donors (Lipinski definition) is 0. The maximum atomic E-state index is 11.3. The summed E-state index contributed by atoms with van der Waals surface area (Å²) in [6, 6.07) is 0. The molecule has 0 saturated heterocycles. The van der Waals surface area contributed by atoms with Crippen LogP contribution in [0.2, 0.25) is 0 Å². The molecule has 0 spiro atoms. The third-order valence-corrected chi connectivity index (χ3v) is 2.45. The van der Waals surface area contributed by atoms with Crippen molar-refractivity contribution in [2.24, 2.45) is 17.8 Å². The first-order valence-electron chi connectivity index (χ1n) is 4.62. The molecule has 0 amide bonds. The molecule has 64 valence electrons. The Labute approximate surface area is 69.2 Å². The predicted octanol–water partition coefficient (Wildman–Crippen LogP) is 2.65. The lowest BCUT2D eigenvalue weighted by Crippen LogP contribution is -2.08. The summed E-state index contributed by atoms with van der Waals surface area (Å²) in [6.45, 7) is 6.56. The number of carbonyl (C=O) groups excluding carboxylic acids is 1. The second-order valence-electron chi connectivity index (χ2n) is 4.34. The van der Waals surface area contributed by atoms with Crippen LogP contribution in [0.5, 0.6) is 0 Å². The highest BCUT2D eigenvalue weighted by atomic mass is 16.1. The van der Waals surface area contributed by atoms with Crippen LogP contribution in [0.15, 0.2) is 0 Å². The molecule has 1 saturated carbocycles. The van der Waals surface area contributed by atoms with Gasteiger partial charge in [-0.1, -0.05) is 20.8 Å². The summed E-state index contributed by atoms with van der Waals surface area (Å²) in [5.74, 6) is 2.22. The molecule has 0 bridgehead atoms. The van der Waals surface area contributed by atoms with E-state index in [0.29, 0.717) is 23.5 Å². The summed E-state index contributed by atoms with van der Waals surface area (Å²) in [6.07, 6.45) is 3.07. The van der Waals surface area contributed by atoms with E-state index in [9.17, 15) is 4.79 Å². The molecule has 0 N–H and O–H groups in total. The number of hydrogen-bond acceptors (Lipinski definition) is 1. The van der Waals surface area contributed by atoms with E-state index in [0.717, 1.165) is 19.3 Å². The van der Waals surface area contributed by atoms with E-state index in [1.54, 1.807) is 0 Å². The van der Waals surface area contributed by atoms with Crippen LogP contribution in [0.3, 0.4) is 0 Å². The van der Waals surface area contributed by atoms with Gasteiger partial charge >= 0.3 is 0 Å². The monoisotopic (exact) mass is 154 g/mol. The van der Waals surface area contributed by atoms with E-state index < -0.39 is 0 Å². The lowest BCUT2D eigenvalue weighted by molar-refractivity contribution is -0.121. The van der Waals surface area contributed by atoms with E-state index in [2.05, 4.69) is 20.8 Å². The molecular weight excluding hydrogens is 136 g/mol. The second-order valence-corrected chi connectivity index (χ2v) is 4.34. The lowest BCUT2D eigenvalue weighted by atomic mass is 9.94. The average Bonchev–Trinajstić information content (AvgIpc) is 2.09. The average molecular weight is 154 g/mol. The molecular formula is C10H18O. The molecule has 11 heavy (non-hydrogen) atoms. The SMILES string of the molecule is CC(C)C[C@@H]1C[C@@H](C)CC1=O. The number of rotatable bonds is 2. The zero-order chi connectivity index (χ0) is 8.43. The van der Waals surface area contributed by atoms with E-state index in [-0.39, 0.29) is 0 Å². The van der Waals surface area contributed by atoms with Crippen molar-refractivity contribution in [1.29, 1.82) is 0 Å². The van der Waals surface area contributed by atoms with Crippen LogP contribution >= 0.6 is 0 Å². The largest absolute Gasteiger partial charge is 0.299 e. The van der Waals surface area contributed by atoms with Gasteiger partial charge in [-0.05, 0) is 24.7 Å². The minimum Gasteiger partial charge on any atom is -0.299 e. The first kappa shape index (κ1) is 8.76. The third kappa shape index (κ3) is 2.32. The Bertz CT molecular complexity index is 149. The molecule has 1 fully saturated rings. The molecule has 1 aliphatic carbocycles. The molecule has 1 heteroatoms. The van der Waals surface area contributed by atoms with Gasteiger partial charge in [0.2, 0.25) is 0 Å². The highest BCUT2D eigenvalue weighted by Crippen LogP contribution is 2.31. The Morgan fingerprint density at radius 1 is 1.55 bits per heavy atom. The lowest BCUT2D eigenvalue weighted by Gasteiger charge is -2.10. The Balaban J connectivity index is 2.41. The highest BCUT2D eigenvalue weighted by Gasteiger charge is 2.29. The molecule has 1 rings (SSSR count). The Morgan fingerprint density at radius 2 is 2.18 bits per heavy atom. The molecule has 1 nitrogen and oxygen atoms in total. The first-order valence-corrected chi connectivity index (χ1v) is 4.62. The molecule has 0 aromatic heterocycles. The van der Waals surface area contributed by atoms with Crippen molar-refractivity contribution in [2.45, 2.75) is 40.0 Å². The van der Waals surface area contributed by atoms with E-state index in [1.807, 2.05) is 0 Å². The van der Waals surface area contributed by atoms with Crippen LogP contribution in [0.4, 0.5) is 0 Å². The molecule has 0 unspecified atom stereocenters. The maximum absolute atomic E-state index is 11.3. The fraction of sp³-hybridized carbons (Fsp3) is 0.900. The Hall–Kier alpha value is -0.330. The van der Waals surface area contributed by atoms with Crippen molar-refractivity contribution < 1.29 is 4.79 Å². The molecule has 1 aliphatic rings. The topological polar surface area (TPSA) is 17.1 Å². The summed E-state index contributed by atoms with van der Waals surface area (Å²) < 4.78 is 0. The van der Waals surface area contributed by atoms with Crippen LogP contribution in [0.1, 0.15) is 40.0 Å². The minimum absolute atomic E-state index is 0.394. The smallest absolute Gasteiger partial charge is 0.136 e. The quantitative estimate of drug-likeness (QED) is 0.597. The maximum Gasteiger partial charge on any atom is 0.136 e. The van der Waals surface area contributed by atoms with E-state index in [4.69, 9.17) is 0 Å². The molecule has 2 atom stereocenters. The summed E-state index contributed by atoms with van der Waals surface area (Å²) in [7, 11) is 0. The number of ketones is 1. The van der Waals surface area contributed by atoms with Crippen LogP contribution < -0.4 is 0 Å². The van der Waals surface area contributed by atoms with Gasteiger partial charge in [0.15, 0.2) is 0 Å². The van der Waals surface area contributed by atoms with Gasteiger partial charge in [0.1, 0.15) is 5.78 Å². The van der Waals surface area contributed by atoms with Crippen LogP contribution in [0, 0.1) is 17.8 Å². The zero-order valence-corrected chi connectivity index (χ0v) is 7.76. The molecule has 0 aliphatic heterocycles. The number of Topliss-reactive ketones (excluding diaryl/α,β-unsaturated/α-hetero) is 1. The highest BCUT2D eigenvalue weighted by molar-refractivity contribution is 5.83. The zero-order valence-electron chi connectivity index (χ0n) is 7.76. The third-order valence-electron chi connectivity index (χ3n) is 2.45. The summed E-state index contributed by atoms with van der Waals surface area (Å²) in [5, 5.41) is 0. The first-order chi connectivity index (χ1) is 5.09. The van der Waals surface area contributed by atoms with Gasteiger partial charge in [0.25, 0.3) is 0 Å². The van der Waals surface area contributed by atoms with Gasteiger partial charge in [0, 0.05) is 12.3 Å². The normalized spacial score (nSPS) is 31.8. The van der Waals surface area contributed by atoms with Crippen molar-refractivity contribution in [3.63, 3.8) is 0 Å². The van der Waals surface area contributed by atoms with E-state index in [1.165, 1.54) is 0 Å². The number of carbonyl (C=O) groups is 1. The molecule has 0 radical (unpaired) electrons. The summed E-state index contributed by atoms with van der Waals surface area (Å²) in [4.78, 5) is 11.3. The van der Waals surface area contributed by atoms with Gasteiger partial charge < -0.3 is 0 Å². The minimum atomic E-state index is 0.394. The van der Waals surface area contributed by atoms with Crippen molar-refractivity contribution in [1.82, 2.24) is 0 Å². The van der Waals surface area contributed by atoms with Gasteiger partial charge in [-0.25, -0.2) is 0 Å². The van der Waals surface area contributed by atoms with Crippen LogP contribution in [-0.4, -0.2) is 5.78 Å². The molecule has 0 aromatic rings. The second kappa shape index (κ2) is 3.38.